The summed E-state index contributed by atoms with van der Waals surface area (Å²) < 4.78 is 11.0. The van der Waals surface area contributed by atoms with E-state index in [2.05, 4.69) is 22.1 Å². The maximum Gasteiger partial charge on any atom is 0.251 e. The summed E-state index contributed by atoms with van der Waals surface area (Å²) in [7, 11) is 5.17. The van der Waals surface area contributed by atoms with Crippen LogP contribution in [-0.2, 0) is 17.8 Å². The molecule has 0 fully saturated rings. The largest absolute Gasteiger partial charge is 0.497 e. The molecule has 3 N–H and O–H groups in total. The summed E-state index contributed by atoms with van der Waals surface area (Å²) in [5.74, 6) is 1.07. The van der Waals surface area contributed by atoms with E-state index >= 15 is 0 Å². The molecule has 0 atom stereocenters. The SMILES string of the molecule is CNCCCCCCNC(=O)c1ccc(N(Cc2ccc(OC)cc2OC)NC(=O)Cc2ccc3ccccc3c2)cc1. The van der Waals surface area contributed by atoms with E-state index in [9.17, 15) is 9.59 Å². The highest BCUT2D eigenvalue weighted by Crippen LogP contribution is 2.27. The summed E-state index contributed by atoms with van der Waals surface area (Å²) in [6.45, 7) is 2.01. The number of amides is 2. The van der Waals surface area contributed by atoms with Gasteiger partial charge in [-0.2, -0.15) is 0 Å². The first-order chi connectivity index (χ1) is 21.0. The van der Waals surface area contributed by atoms with Crippen molar-refractivity contribution in [1.29, 1.82) is 0 Å². The minimum Gasteiger partial charge on any atom is -0.497 e. The first kappa shape index (κ1) is 31.4. The number of carbonyl (C=O) groups is 2. The number of rotatable bonds is 16. The molecule has 0 saturated heterocycles. The molecule has 8 heteroatoms. The lowest BCUT2D eigenvalue weighted by atomic mass is 10.1. The molecule has 0 aliphatic rings. The van der Waals surface area contributed by atoms with Crippen molar-refractivity contribution in [2.24, 2.45) is 0 Å². The number of methoxy groups -OCH3 is 2. The molecule has 0 heterocycles. The molecule has 2 amide bonds. The summed E-state index contributed by atoms with van der Waals surface area (Å²) in [6, 6.07) is 27.0. The monoisotopic (exact) mass is 582 g/mol. The number of hydrazine groups is 1. The second-order valence-electron chi connectivity index (χ2n) is 10.5. The van der Waals surface area contributed by atoms with Gasteiger partial charge in [-0.1, -0.05) is 55.3 Å². The highest BCUT2D eigenvalue weighted by Gasteiger charge is 2.16. The molecule has 0 unspecified atom stereocenters. The van der Waals surface area contributed by atoms with E-state index in [1.54, 1.807) is 31.4 Å². The molecule has 0 radical (unpaired) electrons. The average Bonchev–Trinajstić information content (AvgIpc) is 3.04. The van der Waals surface area contributed by atoms with Gasteiger partial charge in [-0.25, -0.2) is 0 Å². The van der Waals surface area contributed by atoms with Gasteiger partial charge in [0.05, 0.1) is 32.9 Å². The number of unbranched alkanes of at least 4 members (excludes halogenated alkanes) is 3. The molecule has 43 heavy (non-hydrogen) atoms. The van der Waals surface area contributed by atoms with Gasteiger partial charge in [-0.3, -0.25) is 20.0 Å². The molecule has 0 saturated carbocycles. The van der Waals surface area contributed by atoms with Gasteiger partial charge in [0.2, 0.25) is 5.91 Å². The number of ether oxygens (including phenoxy) is 2. The van der Waals surface area contributed by atoms with E-state index in [1.807, 2.05) is 73.8 Å². The van der Waals surface area contributed by atoms with E-state index in [0.717, 1.165) is 59.8 Å². The molecule has 0 aliphatic heterocycles. The number of fused-ring (bicyclic) bond motifs is 1. The summed E-state index contributed by atoms with van der Waals surface area (Å²) >= 11 is 0. The van der Waals surface area contributed by atoms with Crippen LogP contribution in [0.3, 0.4) is 0 Å². The van der Waals surface area contributed by atoms with E-state index in [1.165, 1.54) is 0 Å². The first-order valence-corrected chi connectivity index (χ1v) is 14.8. The van der Waals surface area contributed by atoms with E-state index in [-0.39, 0.29) is 18.2 Å². The molecule has 0 aromatic heterocycles. The topological polar surface area (TPSA) is 91.9 Å². The Morgan fingerprint density at radius 2 is 1.51 bits per heavy atom. The van der Waals surface area contributed by atoms with Gasteiger partial charge < -0.3 is 20.1 Å². The lowest BCUT2D eigenvalue weighted by molar-refractivity contribution is -0.120. The highest BCUT2D eigenvalue weighted by atomic mass is 16.5. The predicted molar refractivity (Wildman–Crippen MR) is 173 cm³/mol. The van der Waals surface area contributed by atoms with Crippen molar-refractivity contribution in [2.45, 2.75) is 38.6 Å². The molecule has 4 aromatic carbocycles. The van der Waals surface area contributed by atoms with Crippen LogP contribution in [0.25, 0.3) is 10.8 Å². The van der Waals surface area contributed by atoms with Crippen LogP contribution in [0, 0.1) is 0 Å². The normalized spacial score (nSPS) is 10.8. The van der Waals surface area contributed by atoms with E-state index in [4.69, 9.17) is 9.47 Å². The molecule has 4 rings (SSSR count). The summed E-state index contributed by atoms with van der Waals surface area (Å²) in [5.41, 5.74) is 6.18. The Labute approximate surface area is 254 Å². The average molecular weight is 583 g/mol. The van der Waals surface area contributed by atoms with Gasteiger partial charge in [0, 0.05) is 23.7 Å². The Hall–Kier alpha value is -4.56. The Morgan fingerprint density at radius 1 is 0.767 bits per heavy atom. The maximum atomic E-state index is 13.3. The molecule has 8 nitrogen and oxygen atoms in total. The van der Waals surface area contributed by atoms with Crippen LogP contribution in [0.1, 0.15) is 47.2 Å². The van der Waals surface area contributed by atoms with Crippen LogP contribution < -0.4 is 30.5 Å². The van der Waals surface area contributed by atoms with E-state index < -0.39 is 0 Å². The first-order valence-electron chi connectivity index (χ1n) is 14.8. The minimum atomic E-state index is -0.153. The minimum absolute atomic E-state index is 0.106. The lowest BCUT2D eigenvalue weighted by Gasteiger charge is -2.27. The molecular formula is C35H42N4O4. The highest BCUT2D eigenvalue weighted by molar-refractivity contribution is 5.94. The van der Waals surface area contributed by atoms with Crippen molar-refractivity contribution >= 4 is 28.3 Å². The van der Waals surface area contributed by atoms with Crippen molar-refractivity contribution in [3.63, 3.8) is 0 Å². The summed E-state index contributed by atoms with van der Waals surface area (Å²) in [5, 5.41) is 10.2. The zero-order valence-electron chi connectivity index (χ0n) is 25.3. The standard InChI is InChI=1S/C35H42N4O4/c1-36-20-8-4-5-9-21-37-35(41)28-14-17-31(18-15-28)39(25-30-16-19-32(42-2)24-33(30)43-3)38-34(40)23-26-12-13-27-10-6-7-11-29(27)22-26/h6-7,10-19,22,24,36H,4-5,8-9,20-21,23,25H2,1-3H3,(H,37,41)(H,38,40). The van der Waals surface area contributed by atoms with Crippen molar-refractivity contribution in [1.82, 2.24) is 16.1 Å². The molecular weight excluding hydrogens is 540 g/mol. The lowest BCUT2D eigenvalue weighted by Crippen LogP contribution is -2.42. The second kappa shape index (κ2) is 16.2. The Bertz CT molecular complexity index is 1490. The van der Waals surface area contributed by atoms with Crippen LogP contribution in [0.2, 0.25) is 0 Å². The van der Waals surface area contributed by atoms with Crippen molar-refractivity contribution < 1.29 is 19.1 Å². The van der Waals surface area contributed by atoms with Crippen LogP contribution in [0.15, 0.2) is 84.9 Å². The number of nitrogens with one attached hydrogen (secondary N) is 3. The Balaban J connectivity index is 1.46. The smallest absolute Gasteiger partial charge is 0.251 e. The van der Waals surface area contributed by atoms with Crippen molar-refractivity contribution in [3.8, 4) is 11.5 Å². The van der Waals surface area contributed by atoms with Crippen molar-refractivity contribution in [2.75, 3.05) is 39.4 Å². The van der Waals surface area contributed by atoms with Gasteiger partial charge in [0.1, 0.15) is 11.5 Å². The Kier molecular flexibility index (Phi) is 11.8. The number of anilines is 1. The molecule has 0 aliphatic carbocycles. The van der Waals surface area contributed by atoms with Gasteiger partial charge in [-0.15, -0.1) is 0 Å². The second-order valence-corrected chi connectivity index (χ2v) is 10.5. The molecule has 226 valence electrons. The quantitative estimate of drug-likeness (QED) is 0.117. The fraction of sp³-hybridized carbons (Fsp3) is 0.314. The maximum absolute atomic E-state index is 13.3. The summed E-state index contributed by atoms with van der Waals surface area (Å²) in [6.07, 6.45) is 4.55. The zero-order chi connectivity index (χ0) is 30.4. The van der Waals surface area contributed by atoms with Crippen molar-refractivity contribution in [3.05, 3.63) is 102 Å². The summed E-state index contributed by atoms with van der Waals surface area (Å²) in [4.78, 5) is 26.0. The van der Waals surface area contributed by atoms with E-state index in [0.29, 0.717) is 30.2 Å². The van der Waals surface area contributed by atoms with Crippen LogP contribution in [-0.4, -0.2) is 46.2 Å². The number of hydrogen-bond donors (Lipinski definition) is 3. The number of carbonyl (C=O) groups excluding carboxylic acids is 2. The van der Waals surface area contributed by atoms with Gasteiger partial charge >= 0.3 is 0 Å². The van der Waals surface area contributed by atoms with Crippen LogP contribution >= 0.6 is 0 Å². The van der Waals surface area contributed by atoms with Crippen LogP contribution in [0.4, 0.5) is 5.69 Å². The third-order valence-corrected chi connectivity index (χ3v) is 7.34. The third kappa shape index (κ3) is 9.21. The number of hydrogen-bond acceptors (Lipinski definition) is 6. The molecule has 0 bridgehead atoms. The molecule has 0 spiro atoms. The van der Waals surface area contributed by atoms with Gasteiger partial charge in [0.25, 0.3) is 5.91 Å². The van der Waals surface area contributed by atoms with Gasteiger partial charge in [0.15, 0.2) is 0 Å². The molecule has 4 aromatic rings. The van der Waals surface area contributed by atoms with Crippen LogP contribution in [0.5, 0.6) is 11.5 Å². The zero-order valence-corrected chi connectivity index (χ0v) is 25.3. The number of nitrogens with zero attached hydrogens (tertiary/aromatic N) is 1. The fourth-order valence-corrected chi connectivity index (χ4v) is 4.95. The predicted octanol–water partition coefficient (Wildman–Crippen LogP) is 5.65. The van der Waals surface area contributed by atoms with Gasteiger partial charge in [-0.05, 0) is 79.2 Å². The third-order valence-electron chi connectivity index (χ3n) is 7.34. The number of benzene rings is 4. The fourth-order valence-electron chi connectivity index (χ4n) is 4.95. The Morgan fingerprint density at radius 3 is 2.23 bits per heavy atom.